The Bertz CT molecular complexity index is 242. The van der Waals surface area contributed by atoms with E-state index in [2.05, 4.69) is 17.8 Å². The molecule has 0 amide bonds. The topological polar surface area (TPSA) is 33.3 Å². The van der Waals surface area contributed by atoms with Gasteiger partial charge in [-0.2, -0.15) is 0 Å². The molecule has 88 valence electrons. The summed E-state index contributed by atoms with van der Waals surface area (Å²) in [6, 6.07) is 8.01. The van der Waals surface area contributed by atoms with Gasteiger partial charge in [0.05, 0.1) is 7.11 Å². The first-order valence-electron chi connectivity index (χ1n) is 4.45. The number of hydrazine groups is 1. The Morgan fingerprint density at radius 1 is 1.07 bits per heavy atom. The van der Waals surface area contributed by atoms with Crippen LogP contribution >= 0.6 is 24.8 Å². The van der Waals surface area contributed by atoms with Crippen LogP contribution in [-0.2, 0) is 6.54 Å². The summed E-state index contributed by atoms with van der Waals surface area (Å²) in [4.78, 5) is 0. The van der Waals surface area contributed by atoms with Gasteiger partial charge in [-0.15, -0.1) is 24.8 Å². The number of hydrogen-bond acceptors (Lipinski definition) is 3. The van der Waals surface area contributed by atoms with Crippen molar-refractivity contribution >= 4 is 24.8 Å². The smallest absolute Gasteiger partial charge is 0.118 e. The van der Waals surface area contributed by atoms with E-state index in [1.54, 1.807) is 7.11 Å². The Balaban J connectivity index is 0. The van der Waals surface area contributed by atoms with Gasteiger partial charge in [-0.25, -0.2) is 0 Å². The highest BCUT2D eigenvalue weighted by Gasteiger charge is 1.92. The lowest BCUT2D eigenvalue weighted by Crippen LogP contribution is -2.30. The molecule has 0 spiro atoms. The third-order valence-electron chi connectivity index (χ3n) is 1.75. The molecule has 0 aliphatic heterocycles. The van der Waals surface area contributed by atoms with Crippen LogP contribution in [0.15, 0.2) is 24.3 Å². The second kappa shape index (κ2) is 10.1. The van der Waals surface area contributed by atoms with Gasteiger partial charge in [0.25, 0.3) is 0 Å². The van der Waals surface area contributed by atoms with Crippen LogP contribution in [-0.4, -0.2) is 13.7 Å². The molecule has 3 nitrogen and oxygen atoms in total. The fraction of sp³-hybridized carbons (Fsp3) is 0.400. The number of benzene rings is 1. The molecule has 1 aromatic rings. The predicted octanol–water partition coefficient (Wildman–Crippen LogP) is 2.15. The van der Waals surface area contributed by atoms with E-state index in [0.29, 0.717) is 0 Å². The minimum absolute atomic E-state index is 0. The molecule has 0 aromatic heterocycles. The largest absolute Gasteiger partial charge is 0.497 e. The van der Waals surface area contributed by atoms with Crippen molar-refractivity contribution in [2.24, 2.45) is 0 Å². The zero-order valence-electron chi connectivity index (χ0n) is 8.95. The van der Waals surface area contributed by atoms with Gasteiger partial charge in [0, 0.05) is 13.1 Å². The van der Waals surface area contributed by atoms with E-state index in [9.17, 15) is 0 Å². The van der Waals surface area contributed by atoms with Crippen molar-refractivity contribution in [1.29, 1.82) is 0 Å². The molecule has 0 aliphatic carbocycles. The molecular formula is C10H18Cl2N2O. The summed E-state index contributed by atoms with van der Waals surface area (Å²) in [5.74, 6) is 0.896. The molecule has 0 unspecified atom stereocenters. The van der Waals surface area contributed by atoms with Crippen molar-refractivity contribution in [1.82, 2.24) is 10.9 Å². The predicted molar refractivity (Wildman–Crippen MR) is 68.0 cm³/mol. The van der Waals surface area contributed by atoms with Crippen LogP contribution in [0.3, 0.4) is 0 Å². The Morgan fingerprint density at radius 2 is 1.67 bits per heavy atom. The maximum Gasteiger partial charge on any atom is 0.118 e. The minimum Gasteiger partial charge on any atom is -0.497 e. The summed E-state index contributed by atoms with van der Waals surface area (Å²) in [7, 11) is 1.67. The summed E-state index contributed by atoms with van der Waals surface area (Å²) >= 11 is 0. The van der Waals surface area contributed by atoms with Crippen molar-refractivity contribution in [3.05, 3.63) is 29.8 Å². The van der Waals surface area contributed by atoms with Gasteiger partial charge >= 0.3 is 0 Å². The molecule has 0 heterocycles. The van der Waals surface area contributed by atoms with E-state index in [1.807, 2.05) is 24.3 Å². The van der Waals surface area contributed by atoms with Gasteiger partial charge in [0.1, 0.15) is 5.75 Å². The van der Waals surface area contributed by atoms with Gasteiger partial charge < -0.3 is 4.74 Å². The number of rotatable bonds is 5. The average molecular weight is 253 g/mol. The van der Waals surface area contributed by atoms with Gasteiger partial charge in [-0.05, 0) is 17.7 Å². The van der Waals surface area contributed by atoms with Crippen LogP contribution in [0.4, 0.5) is 0 Å². The van der Waals surface area contributed by atoms with Crippen LogP contribution in [0.1, 0.15) is 12.5 Å². The Hall–Kier alpha value is -0.480. The minimum atomic E-state index is 0. The lowest BCUT2D eigenvalue weighted by atomic mass is 10.2. The second-order valence-corrected chi connectivity index (χ2v) is 2.73. The fourth-order valence-corrected chi connectivity index (χ4v) is 1.03. The Labute approximate surface area is 103 Å². The first-order chi connectivity index (χ1) is 6.36. The number of hydrogen-bond donors (Lipinski definition) is 2. The standard InChI is InChI=1S/C10H16N2O.2ClH/c1-3-11-12-8-9-4-6-10(13-2)7-5-9;;/h4-7,11-12H,3,8H2,1-2H3;2*1H. The lowest BCUT2D eigenvalue weighted by molar-refractivity contribution is 0.414. The summed E-state index contributed by atoms with van der Waals surface area (Å²) in [6.07, 6.45) is 0. The monoisotopic (exact) mass is 252 g/mol. The first kappa shape index (κ1) is 16.9. The number of nitrogens with one attached hydrogen (secondary N) is 2. The molecule has 0 radical (unpaired) electrons. The van der Waals surface area contributed by atoms with Crippen LogP contribution in [0, 0.1) is 0 Å². The first-order valence-corrected chi connectivity index (χ1v) is 4.45. The Kier molecular flexibility index (Phi) is 11.3. The zero-order chi connectivity index (χ0) is 9.52. The zero-order valence-corrected chi connectivity index (χ0v) is 10.6. The summed E-state index contributed by atoms with van der Waals surface area (Å²) in [5.41, 5.74) is 7.38. The van der Waals surface area contributed by atoms with Crippen molar-refractivity contribution in [2.75, 3.05) is 13.7 Å². The third-order valence-corrected chi connectivity index (χ3v) is 1.75. The molecule has 15 heavy (non-hydrogen) atoms. The molecule has 0 bridgehead atoms. The molecule has 0 atom stereocenters. The van der Waals surface area contributed by atoms with E-state index >= 15 is 0 Å². The molecule has 5 heteroatoms. The third kappa shape index (κ3) is 6.57. The summed E-state index contributed by atoms with van der Waals surface area (Å²) in [5, 5.41) is 0. The summed E-state index contributed by atoms with van der Waals surface area (Å²) < 4.78 is 5.06. The molecule has 0 saturated carbocycles. The second-order valence-electron chi connectivity index (χ2n) is 2.73. The average Bonchev–Trinajstić information content (AvgIpc) is 2.19. The van der Waals surface area contributed by atoms with Crippen LogP contribution in [0.5, 0.6) is 5.75 Å². The number of methoxy groups -OCH3 is 1. The van der Waals surface area contributed by atoms with Crippen LogP contribution < -0.4 is 15.6 Å². The van der Waals surface area contributed by atoms with E-state index in [0.717, 1.165) is 18.8 Å². The van der Waals surface area contributed by atoms with E-state index < -0.39 is 0 Å². The molecule has 0 fully saturated rings. The summed E-state index contributed by atoms with van der Waals surface area (Å²) in [6.45, 7) is 3.81. The number of halogens is 2. The van der Waals surface area contributed by atoms with E-state index in [1.165, 1.54) is 5.56 Å². The maximum atomic E-state index is 5.06. The number of ether oxygens (including phenoxy) is 1. The van der Waals surface area contributed by atoms with Crippen molar-refractivity contribution < 1.29 is 4.74 Å². The molecular weight excluding hydrogens is 235 g/mol. The Morgan fingerprint density at radius 3 is 2.13 bits per heavy atom. The maximum absolute atomic E-state index is 5.06. The normalized spacial score (nSPS) is 8.67. The molecule has 2 N–H and O–H groups in total. The van der Waals surface area contributed by atoms with Crippen molar-refractivity contribution in [3.8, 4) is 5.75 Å². The van der Waals surface area contributed by atoms with Crippen LogP contribution in [0.2, 0.25) is 0 Å². The molecule has 1 aromatic carbocycles. The highest BCUT2D eigenvalue weighted by molar-refractivity contribution is 5.85. The quantitative estimate of drug-likeness (QED) is 0.623. The molecule has 1 rings (SSSR count). The van der Waals surface area contributed by atoms with Gasteiger partial charge in [0.2, 0.25) is 0 Å². The lowest BCUT2D eigenvalue weighted by Gasteiger charge is -2.05. The van der Waals surface area contributed by atoms with Crippen LogP contribution in [0.25, 0.3) is 0 Å². The van der Waals surface area contributed by atoms with E-state index in [-0.39, 0.29) is 24.8 Å². The van der Waals surface area contributed by atoms with Gasteiger partial charge in [0.15, 0.2) is 0 Å². The van der Waals surface area contributed by atoms with Crippen molar-refractivity contribution in [2.45, 2.75) is 13.5 Å². The van der Waals surface area contributed by atoms with Gasteiger partial charge in [-0.1, -0.05) is 19.1 Å². The molecule has 0 aliphatic rings. The van der Waals surface area contributed by atoms with Gasteiger partial charge in [-0.3, -0.25) is 10.9 Å². The van der Waals surface area contributed by atoms with E-state index in [4.69, 9.17) is 4.74 Å². The SMILES string of the molecule is CCNNCc1ccc(OC)cc1.Cl.Cl. The highest BCUT2D eigenvalue weighted by Crippen LogP contribution is 2.10. The highest BCUT2D eigenvalue weighted by atomic mass is 35.5. The fourth-order valence-electron chi connectivity index (χ4n) is 1.03. The molecule has 0 saturated heterocycles. The van der Waals surface area contributed by atoms with Crippen molar-refractivity contribution in [3.63, 3.8) is 0 Å².